The van der Waals surface area contributed by atoms with E-state index in [1.165, 1.54) is 11.3 Å². The number of aryl methyl sites for hydroxylation is 1. The molecule has 1 aromatic heterocycles. The van der Waals surface area contributed by atoms with E-state index in [4.69, 9.17) is 0 Å². The van der Waals surface area contributed by atoms with Crippen molar-refractivity contribution >= 4 is 16.6 Å². The normalized spacial score (nSPS) is 21.4. The van der Waals surface area contributed by atoms with E-state index in [1.807, 2.05) is 28.8 Å². The van der Waals surface area contributed by atoms with E-state index in [9.17, 15) is 4.79 Å². The second kappa shape index (κ2) is 4.44. The molecule has 3 aromatic rings. The zero-order valence-electron chi connectivity index (χ0n) is 13.0. The Hall–Kier alpha value is -2.62. The second-order valence-electron chi connectivity index (χ2n) is 6.50. The Balaban J connectivity index is 1.80. The summed E-state index contributed by atoms with van der Waals surface area (Å²) in [5.74, 6) is 1.53. The minimum atomic E-state index is 0.130. The zero-order valence-corrected chi connectivity index (χ0v) is 13.0. The number of hydrogen-bond donors (Lipinski definition) is 1. The van der Waals surface area contributed by atoms with Gasteiger partial charge in [0.15, 0.2) is 0 Å². The molecule has 5 rings (SSSR count). The maximum absolute atomic E-state index is 12.9. The van der Waals surface area contributed by atoms with E-state index in [1.54, 1.807) is 0 Å². The van der Waals surface area contributed by atoms with E-state index in [0.29, 0.717) is 5.92 Å². The van der Waals surface area contributed by atoms with Gasteiger partial charge in [-0.05, 0) is 30.2 Å². The van der Waals surface area contributed by atoms with Gasteiger partial charge in [0.25, 0.3) is 5.82 Å². The van der Waals surface area contributed by atoms with Gasteiger partial charge in [-0.2, -0.15) is 4.57 Å². The number of para-hydroxylation sites is 2. The van der Waals surface area contributed by atoms with Crippen molar-refractivity contribution in [1.29, 1.82) is 0 Å². The van der Waals surface area contributed by atoms with Crippen molar-refractivity contribution in [2.45, 2.75) is 24.9 Å². The van der Waals surface area contributed by atoms with E-state index in [-0.39, 0.29) is 11.6 Å². The van der Waals surface area contributed by atoms with Crippen LogP contribution in [0, 0.1) is 0 Å². The van der Waals surface area contributed by atoms with Crippen molar-refractivity contribution in [2.24, 2.45) is 7.05 Å². The molecular formula is C19H18N3O+. The minimum Gasteiger partial charge on any atom is -0.371 e. The summed E-state index contributed by atoms with van der Waals surface area (Å²) in [5, 5.41) is 4.44. The summed E-state index contributed by atoms with van der Waals surface area (Å²) < 4.78 is 4.15. The predicted octanol–water partition coefficient (Wildman–Crippen LogP) is 2.48. The van der Waals surface area contributed by atoms with Crippen molar-refractivity contribution in [3.05, 3.63) is 70.3 Å². The molecule has 3 heterocycles. The average molecular weight is 304 g/mol. The van der Waals surface area contributed by atoms with Gasteiger partial charge in [-0.3, -0.25) is 0 Å². The van der Waals surface area contributed by atoms with Gasteiger partial charge >= 0.3 is 5.56 Å². The van der Waals surface area contributed by atoms with Crippen LogP contribution in [0.1, 0.15) is 29.8 Å². The molecule has 0 saturated heterocycles. The molecule has 114 valence electrons. The van der Waals surface area contributed by atoms with E-state index >= 15 is 0 Å². The van der Waals surface area contributed by atoms with Crippen LogP contribution >= 0.6 is 0 Å². The maximum atomic E-state index is 12.9. The van der Waals surface area contributed by atoms with Crippen molar-refractivity contribution in [3.8, 4) is 0 Å². The van der Waals surface area contributed by atoms with E-state index < -0.39 is 0 Å². The van der Waals surface area contributed by atoms with Crippen LogP contribution in [0.2, 0.25) is 0 Å². The van der Waals surface area contributed by atoms with Crippen molar-refractivity contribution in [3.63, 3.8) is 0 Å². The lowest BCUT2D eigenvalue weighted by atomic mass is 9.88. The van der Waals surface area contributed by atoms with Crippen LogP contribution in [-0.4, -0.2) is 4.57 Å². The minimum absolute atomic E-state index is 0.130. The van der Waals surface area contributed by atoms with Crippen LogP contribution in [0.3, 0.4) is 0 Å². The molecule has 0 radical (unpaired) electrons. The molecule has 2 aromatic carbocycles. The van der Waals surface area contributed by atoms with E-state index in [2.05, 4.69) is 41.2 Å². The third-order valence-electron chi connectivity index (χ3n) is 5.38. The number of nitrogens with zero attached hydrogens (tertiary/aromatic N) is 2. The lowest BCUT2D eigenvalue weighted by Crippen LogP contribution is -2.59. The van der Waals surface area contributed by atoms with Crippen LogP contribution in [0.15, 0.2) is 53.3 Å². The number of benzene rings is 2. The SMILES string of the molecule is Cn1c2[n+](c(=O)c3ccccc31)CCC1c3ccccc3NC21. The summed E-state index contributed by atoms with van der Waals surface area (Å²) in [4.78, 5) is 12.9. The Kier molecular flexibility index (Phi) is 2.49. The highest BCUT2D eigenvalue weighted by atomic mass is 16.1. The molecular weight excluding hydrogens is 286 g/mol. The summed E-state index contributed by atoms with van der Waals surface area (Å²) in [6, 6.07) is 16.6. The maximum Gasteiger partial charge on any atom is 0.345 e. The number of rotatable bonds is 0. The lowest BCUT2D eigenvalue weighted by molar-refractivity contribution is -0.727. The molecule has 0 bridgehead atoms. The van der Waals surface area contributed by atoms with Gasteiger partial charge in [0.2, 0.25) is 0 Å². The van der Waals surface area contributed by atoms with Crippen LogP contribution in [0.4, 0.5) is 5.69 Å². The van der Waals surface area contributed by atoms with Gasteiger partial charge in [0, 0.05) is 11.6 Å². The molecule has 0 amide bonds. The number of hydrogen-bond acceptors (Lipinski definition) is 2. The lowest BCUT2D eigenvalue weighted by Gasteiger charge is -2.26. The fraction of sp³-hybridized carbons (Fsp3) is 0.263. The van der Waals surface area contributed by atoms with Gasteiger partial charge in [0.1, 0.15) is 16.9 Å². The highest BCUT2D eigenvalue weighted by Crippen LogP contribution is 2.46. The molecule has 2 unspecified atom stereocenters. The molecule has 0 spiro atoms. The smallest absolute Gasteiger partial charge is 0.345 e. The Morgan fingerprint density at radius 2 is 1.91 bits per heavy atom. The highest BCUT2D eigenvalue weighted by molar-refractivity contribution is 5.77. The third kappa shape index (κ3) is 1.61. The number of aromatic nitrogens is 2. The molecule has 2 aliphatic heterocycles. The predicted molar refractivity (Wildman–Crippen MR) is 89.5 cm³/mol. The van der Waals surface area contributed by atoms with Gasteiger partial charge in [-0.25, -0.2) is 9.36 Å². The van der Waals surface area contributed by atoms with Gasteiger partial charge in [0.05, 0.1) is 13.6 Å². The summed E-state index contributed by atoms with van der Waals surface area (Å²) in [7, 11) is 2.07. The average Bonchev–Trinajstić information content (AvgIpc) is 2.98. The Morgan fingerprint density at radius 3 is 2.83 bits per heavy atom. The van der Waals surface area contributed by atoms with Crippen molar-refractivity contribution in [2.75, 3.05) is 5.32 Å². The fourth-order valence-corrected chi connectivity index (χ4v) is 4.33. The second-order valence-corrected chi connectivity index (χ2v) is 6.50. The number of nitrogens with one attached hydrogen (secondary N) is 1. The standard InChI is InChI=1S/C19H18N3O/c1-21-16-9-5-3-7-14(16)19(23)22-11-10-13-12-6-2-4-8-15(12)20-17(13)18(21)22/h2-9,13,17,20H,10-11H2,1H3/q+1. The topological polar surface area (TPSA) is 37.9 Å². The summed E-state index contributed by atoms with van der Waals surface area (Å²) in [6.45, 7) is 0.782. The molecule has 0 fully saturated rings. The highest BCUT2D eigenvalue weighted by Gasteiger charge is 2.44. The number of anilines is 1. The molecule has 1 N–H and O–H groups in total. The van der Waals surface area contributed by atoms with Crippen LogP contribution in [-0.2, 0) is 13.6 Å². The summed E-state index contributed by atoms with van der Waals surface area (Å²) >= 11 is 0. The fourth-order valence-electron chi connectivity index (χ4n) is 4.33. The largest absolute Gasteiger partial charge is 0.371 e. The molecule has 0 aliphatic carbocycles. The Bertz CT molecular complexity index is 1010. The van der Waals surface area contributed by atoms with Crippen molar-refractivity contribution in [1.82, 2.24) is 4.57 Å². The summed E-state index contributed by atoms with van der Waals surface area (Å²) in [6.07, 6.45) is 1.000. The Morgan fingerprint density at radius 1 is 1.13 bits per heavy atom. The quantitative estimate of drug-likeness (QED) is 0.648. The molecule has 2 aliphatic rings. The van der Waals surface area contributed by atoms with Gasteiger partial charge < -0.3 is 5.32 Å². The zero-order chi connectivity index (χ0) is 15.6. The molecule has 0 saturated carbocycles. The first-order chi connectivity index (χ1) is 11.3. The van der Waals surface area contributed by atoms with Crippen molar-refractivity contribution < 1.29 is 4.57 Å². The third-order valence-corrected chi connectivity index (χ3v) is 5.38. The molecule has 23 heavy (non-hydrogen) atoms. The first kappa shape index (κ1) is 12.9. The molecule has 4 heteroatoms. The summed E-state index contributed by atoms with van der Waals surface area (Å²) in [5.41, 5.74) is 3.72. The van der Waals surface area contributed by atoms with E-state index in [0.717, 1.165) is 29.7 Å². The van der Waals surface area contributed by atoms with Gasteiger partial charge in [-0.1, -0.05) is 30.3 Å². The van der Waals surface area contributed by atoms with Crippen LogP contribution in [0.25, 0.3) is 10.9 Å². The van der Waals surface area contributed by atoms with Crippen LogP contribution in [0.5, 0.6) is 0 Å². The first-order valence-electron chi connectivity index (χ1n) is 8.12. The Labute approximate surface area is 134 Å². The molecule has 4 nitrogen and oxygen atoms in total. The van der Waals surface area contributed by atoms with Crippen LogP contribution < -0.4 is 15.4 Å². The number of fused-ring (bicyclic) bond motifs is 6. The van der Waals surface area contributed by atoms with Gasteiger partial charge in [-0.15, -0.1) is 0 Å². The molecule has 2 atom stereocenters. The first-order valence-corrected chi connectivity index (χ1v) is 8.12. The monoisotopic (exact) mass is 304 g/mol.